The van der Waals surface area contributed by atoms with Crippen LogP contribution in [-0.4, -0.2) is 32.7 Å². The number of carbonyl (C=O) groups excluding carboxylic acids is 2. The molecule has 8 heteroatoms. The fourth-order valence-corrected chi connectivity index (χ4v) is 3.02. The van der Waals surface area contributed by atoms with Gasteiger partial charge in [0.15, 0.2) is 18.1 Å². The van der Waals surface area contributed by atoms with Crippen molar-refractivity contribution in [1.82, 2.24) is 0 Å². The molecule has 0 spiro atoms. The fourth-order valence-electron chi connectivity index (χ4n) is 1.74. The van der Waals surface area contributed by atoms with E-state index >= 15 is 0 Å². The van der Waals surface area contributed by atoms with Gasteiger partial charge >= 0.3 is 5.97 Å². The Bertz CT molecular complexity index is 716. The first-order chi connectivity index (χ1) is 11.0. The summed E-state index contributed by atoms with van der Waals surface area (Å²) in [5, 5.41) is 2.62. The molecule has 1 aromatic carbocycles. The summed E-state index contributed by atoms with van der Waals surface area (Å²) in [6.45, 7) is -0.372. The van der Waals surface area contributed by atoms with E-state index < -0.39 is 11.9 Å². The number of ether oxygens (including phenoxy) is 3. The molecular weight excluding hydrogens is 386 g/mol. The molecular formula is C15H14BrNO5S. The molecule has 0 atom stereocenters. The molecule has 0 aliphatic carbocycles. The van der Waals surface area contributed by atoms with Crippen molar-refractivity contribution in [1.29, 1.82) is 0 Å². The zero-order chi connectivity index (χ0) is 16.8. The third-order valence-corrected chi connectivity index (χ3v) is 4.38. The zero-order valence-corrected chi connectivity index (χ0v) is 14.8. The van der Waals surface area contributed by atoms with Gasteiger partial charge in [-0.2, -0.15) is 0 Å². The first-order valence-corrected chi connectivity index (χ1v) is 8.08. The molecule has 122 valence electrons. The fraction of sp³-hybridized carbons (Fsp3) is 0.200. The molecule has 0 radical (unpaired) electrons. The number of hydrogen-bond donors (Lipinski definition) is 1. The van der Waals surface area contributed by atoms with Gasteiger partial charge in [0.2, 0.25) is 0 Å². The molecule has 6 nitrogen and oxygen atoms in total. The largest absolute Gasteiger partial charge is 0.493 e. The van der Waals surface area contributed by atoms with Crippen molar-refractivity contribution in [2.45, 2.75) is 0 Å². The Balaban J connectivity index is 1.91. The summed E-state index contributed by atoms with van der Waals surface area (Å²) >= 11 is 4.50. The number of hydrogen-bond acceptors (Lipinski definition) is 6. The number of methoxy groups -OCH3 is 2. The summed E-state index contributed by atoms with van der Waals surface area (Å²) in [6, 6.07) is 8.32. The predicted molar refractivity (Wildman–Crippen MR) is 90.5 cm³/mol. The van der Waals surface area contributed by atoms with Crippen molar-refractivity contribution in [3.8, 4) is 11.5 Å². The summed E-state index contributed by atoms with van der Waals surface area (Å²) in [4.78, 5) is 24.0. The quantitative estimate of drug-likeness (QED) is 0.754. The number of esters is 1. The van der Waals surface area contributed by atoms with E-state index in [0.717, 1.165) is 3.79 Å². The van der Waals surface area contributed by atoms with Gasteiger partial charge in [0.25, 0.3) is 5.91 Å². The second kappa shape index (κ2) is 7.98. The highest BCUT2D eigenvalue weighted by atomic mass is 79.9. The standard InChI is InChI=1S/C15H14BrNO5S/c1-20-10-4-3-9(7-11(10)21-2)17-14(18)8-22-15(19)12-5-6-13(16)23-12/h3-7H,8H2,1-2H3,(H,17,18). The molecule has 0 bridgehead atoms. The highest BCUT2D eigenvalue weighted by Gasteiger charge is 2.13. The maximum Gasteiger partial charge on any atom is 0.348 e. The van der Waals surface area contributed by atoms with Gasteiger partial charge in [-0.15, -0.1) is 11.3 Å². The number of benzene rings is 1. The van der Waals surface area contributed by atoms with Crippen LogP contribution in [0.25, 0.3) is 0 Å². The SMILES string of the molecule is COc1ccc(NC(=O)COC(=O)c2ccc(Br)s2)cc1OC. The van der Waals surface area contributed by atoms with Crippen molar-refractivity contribution in [2.75, 3.05) is 26.1 Å². The Morgan fingerprint density at radius 3 is 2.48 bits per heavy atom. The number of amides is 1. The van der Waals surface area contributed by atoms with E-state index in [1.54, 1.807) is 30.3 Å². The van der Waals surface area contributed by atoms with Crippen LogP contribution < -0.4 is 14.8 Å². The molecule has 1 amide bonds. The van der Waals surface area contributed by atoms with Gasteiger partial charge in [-0.25, -0.2) is 4.79 Å². The van der Waals surface area contributed by atoms with E-state index in [2.05, 4.69) is 21.2 Å². The Kier molecular flexibility index (Phi) is 6.00. The van der Waals surface area contributed by atoms with Crippen LogP contribution in [0.2, 0.25) is 0 Å². The molecule has 23 heavy (non-hydrogen) atoms. The van der Waals surface area contributed by atoms with E-state index in [0.29, 0.717) is 22.1 Å². The lowest BCUT2D eigenvalue weighted by atomic mass is 10.2. The number of nitrogens with one attached hydrogen (secondary N) is 1. The molecule has 2 rings (SSSR count). The lowest BCUT2D eigenvalue weighted by Gasteiger charge is -2.10. The van der Waals surface area contributed by atoms with Gasteiger partial charge in [0.1, 0.15) is 4.88 Å². The molecule has 1 N–H and O–H groups in total. The highest BCUT2D eigenvalue weighted by Crippen LogP contribution is 2.29. The van der Waals surface area contributed by atoms with E-state index in [1.165, 1.54) is 25.6 Å². The molecule has 0 aliphatic rings. The highest BCUT2D eigenvalue weighted by molar-refractivity contribution is 9.11. The number of anilines is 1. The monoisotopic (exact) mass is 399 g/mol. The van der Waals surface area contributed by atoms with Crippen molar-refractivity contribution < 1.29 is 23.8 Å². The van der Waals surface area contributed by atoms with Gasteiger partial charge in [0, 0.05) is 11.8 Å². The molecule has 1 heterocycles. The summed E-state index contributed by atoms with van der Waals surface area (Å²) in [6.07, 6.45) is 0. The summed E-state index contributed by atoms with van der Waals surface area (Å²) < 4.78 is 16.0. The van der Waals surface area contributed by atoms with Gasteiger partial charge in [-0.3, -0.25) is 4.79 Å². The number of rotatable bonds is 6. The number of halogens is 1. The van der Waals surface area contributed by atoms with Gasteiger partial charge in [0.05, 0.1) is 18.0 Å². The minimum Gasteiger partial charge on any atom is -0.493 e. The third-order valence-electron chi connectivity index (χ3n) is 2.78. The van der Waals surface area contributed by atoms with Crippen molar-refractivity contribution in [3.05, 3.63) is 39.0 Å². The van der Waals surface area contributed by atoms with Crippen molar-refractivity contribution >= 4 is 44.8 Å². The van der Waals surface area contributed by atoms with Crippen molar-refractivity contribution in [3.63, 3.8) is 0 Å². The number of thiophene rings is 1. The second-order valence-electron chi connectivity index (χ2n) is 4.30. The van der Waals surface area contributed by atoms with Crippen LogP contribution >= 0.6 is 27.3 Å². The smallest absolute Gasteiger partial charge is 0.348 e. The van der Waals surface area contributed by atoms with Crippen LogP contribution in [-0.2, 0) is 9.53 Å². The van der Waals surface area contributed by atoms with Crippen LogP contribution in [0.1, 0.15) is 9.67 Å². The van der Waals surface area contributed by atoms with Crippen LogP contribution in [0.3, 0.4) is 0 Å². The van der Waals surface area contributed by atoms with E-state index in [-0.39, 0.29) is 6.61 Å². The summed E-state index contributed by atoms with van der Waals surface area (Å²) in [5.41, 5.74) is 0.516. The minimum atomic E-state index is -0.539. The predicted octanol–water partition coefficient (Wildman–Crippen LogP) is 3.32. The lowest BCUT2D eigenvalue weighted by Crippen LogP contribution is -2.20. The van der Waals surface area contributed by atoms with Gasteiger partial charge in [-0.1, -0.05) is 0 Å². The summed E-state index contributed by atoms with van der Waals surface area (Å²) in [5.74, 6) is 0.0651. The molecule has 2 aromatic rings. The Labute approximate surface area is 145 Å². The van der Waals surface area contributed by atoms with Crippen molar-refractivity contribution in [2.24, 2.45) is 0 Å². The Hall–Kier alpha value is -2.06. The molecule has 0 aliphatic heterocycles. The van der Waals surface area contributed by atoms with E-state index in [9.17, 15) is 9.59 Å². The molecule has 0 saturated carbocycles. The molecule has 0 unspecified atom stereocenters. The maximum atomic E-state index is 11.8. The van der Waals surface area contributed by atoms with Gasteiger partial charge < -0.3 is 19.5 Å². The van der Waals surface area contributed by atoms with Crippen LogP contribution in [0, 0.1) is 0 Å². The Morgan fingerprint density at radius 2 is 1.87 bits per heavy atom. The third kappa shape index (κ3) is 4.70. The molecule has 0 saturated heterocycles. The first-order valence-electron chi connectivity index (χ1n) is 6.48. The van der Waals surface area contributed by atoms with E-state index in [1.807, 2.05) is 0 Å². The minimum absolute atomic E-state index is 0.372. The van der Waals surface area contributed by atoms with E-state index in [4.69, 9.17) is 14.2 Å². The first kappa shape index (κ1) is 17.3. The topological polar surface area (TPSA) is 73.9 Å². The average Bonchev–Trinajstić information content (AvgIpc) is 2.99. The second-order valence-corrected chi connectivity index (χ2v) is 6.76. The Morgan fingerprint density at radius 1 is 1.13 bits per heavy atom. The summed E-state index contributed by atoms with van der Waals surface area (Å²) in [7, 11) is 3.03. The van der Waals surface area contributed by atoms with Crippen LogP contribution in [0.15, 0.2) is 34.1 Å². The molecule has 1 aromatic heterocycles. The normalized spacial score (nSPS) is 10.0. The van der Waals surface area contributed by atoms with Gasteiger partial charge in [-0.05, 0) is 40.2 Å². The zero-order valence-electron chi connectivity index (χ0n) is 12.4. The number of carbonyl (C=O) groups is 2. The maximum absolute atomic E-state index is 11.8. The average molecular weight is 400 g/mol. The van der Waals surface area contributed by atoms with Crippen LogP contribution in [0.4, 0.5) is 5.69 Å². The molecule has 0 fully saturated rings. The lowest BCUT2D eigenvalue weighted by molar-refractivity contribution is -0.119. The van der Waals surface area contributed by atoms with Crippen LogP contribution in [0.5, 0.6) is 11.5 Å².